The Kier molecular flexibility index (Phi) is 3.31. The third kappa shape index (κ3) is 2.39. The minimum atomic E-state index is -1.00. The Morgan fingerprint density at radius 2 is 1.74 bits per heavy atom. The predicted octanol–water partition coefficient (Wildman–Crippen LogP) is 3.44. The van der Waals surface area contributed by atoms with Crippen LogP contribution in [0.25, 0.3) is 0 Å². The number of aliphatic hydroxyl groups is 1. The van der Waals surface area contributed by atoms with Gasteiger partial charge in [-0.3, -0.25) is 0 Å². The number of hydrogen-bond donors (Lipinski definition) is 1. The molecule has 1 aromatic heterocycles. The fourth-order valence-electron chi connectivity index (χ4n) is 1.92. The molecule has 0 radical (unpaired) electrons. The summed E-state index contributed by atoms with van der Waals surface area (Å²) in [6.45, 7) is 0.954. The third-order valence-electron chi connectivity index (χ3n) is 2.82. The highest BCUT2D eigenvalue weighted by atomic mass is 35.5. The fourth-order valence-corrected chi connectivity index (χ4v) is 2.33. The van der Waals surface area contributed by atoms with Crippen LogP contribution in [0.4, 0.5) is 0 Å². The van der Waals surface area contributed by atoms with E-state index in [4.69, 9.17) is 37.1 Å². The number of fused-ring (bicyclic) bond motifs is 1. The highest BCUT2D eigenvalue weighted by molar-refractivity contribution is 6.31. The first-order valence-corrected chi connectivity index (χ1v) is 6.43. The van der Waals surface area contributed by atoms with E-state index in [0.29, 0.717) is 41.1 Å². The van der Waals surface area contributed by atoms with Crippen molar-refractivity contribution in [2.45, 2.75) is 6.10 Å². The Bertz CT molecular complexity index is 609. The molecule has 0 saturated heterocycles. The average molecular weight is 301 g/mol. The van der Waals surface area contributed by atoms with Gasteiger partial charge in [0.15, 0.2) is 16.7 Å². The average Bonchev–Trinajstić information content (AvgIpc) is 2.84. The largest absolute Gasteiger partial charge is 0.486 e. The van der Waals surface area contributed by atoms with Crippen molar-refractivity contribution in [1.29, 1.82) is 0 Å². The number of rotatable bonds is 2. The summed E-state index contributed by atoms with van der Waals surface area (Å²) in [5.41, 5.74) is 0.483. The summed E-state index contributed by atoms with van der Waals surface area (Å²) in [5.74, 6) is 1.45. The van der Waals surface area contributed by atoms with Gasteiger partial charge in [-0.15, -0.1) is 0 Å². The molecule has 1 N–H and O–H groups in total. The van der Waals surface area contributed by atoms with E-state index in [-0.39, 0.29) is 5.22 Å². The molecule has 2 heterocycles. The van der Waals surface area contributed by atoms with Gasteiger partial charge in [0.2, 0.25) is 0 Å². The number of furan rings is 1. The molecule has 1 atom stereocenters. The van der Waals surface area contributed by atoms with Crippen molar-refractivity contribution in [2.75, 3.05) is 13.2 Å². The van der Waals surface area contributed by atoms with Crippen LogP contribution in [0.15, 0.2) is 28.7 Å². The second-order valence-electron chi connectivity index (χ2n) is 4.06. The van der Waals surface area contributed by atoms with Crippen molar-refractivity contribution in [1.82, 2.24) is 0 Å². The van der Waals surface area contributed by atoms with Gasteiger partial charge in [-0.2, -0.15) is 0 Å². The van der Waals surface area contributed by atoms with Crippen LogP contribution in [-0.4, -0.2) is 18.3 Å². The van der Waals surface area contributed by atoms with Gasteiger partial charge in [0.25, 0.3) is 0 Å². The van der Waals surface area contributed by atoms with Gasteiger partial charge in [-0.25, -0.2) is 0 Å². The normalized spacial score (nSPS) is 15.3. The predicted molar refractivity (Wildman–Crippen MR) is 70.2 cm³/mol. The number of ether oxygens (including phenoxy) is 2. The molecule has 0 fully saturated rings. The molecule has 1 unspecified atom stereocenters. The molecule has 0 saturated carbocycles. The summed E-state index contributed by atoms with van der Waals surface area (Å²) in [5, 5.41) is 10.8. The monoisotopic (exact) mass is 300 g/mol. The van der Waals surface area contributed by atoms with Crippen molar-refractivity contribution >= 4 is 23.2 Å². The van der Waals surface area contributed by atoms with Gasteiger partial charge >= 0.3 is 0 Å². The molecular weight excluding hydrogens is 291 g/mol. The van der Waals surface area contributed by atoms with Crippen LogP contribution in [0.3, 0.4) is 0 Å². The van der Waals surface area contributed by atoms with Crippen LogP contribution in [0, 0.1) is 0 Å². The molecule has 19 heavy (non-hydrogen) atoms. The lowest BCUT2D eigenvalue weighted by Gasteiger charge is -2.20. The van der Waals surface area contributed by atoms with Gasteiger partial charge in [0.05, 0.1) is 5.02 Å². The lowest BCUT2D eigenvalue weighted by molar-refractivity contribution is 0.167. The lowest BCUT2D eigenvalue weighted by atomic mass is 10.1. The van der Waals surface area contributed by atoms with Gasteiger partial charge in [-0.1, -0.05) is 11.6 Å². The minimum absolute atomic E-state index is 0.211. The fraction of sp³-hybridized carbons (Fsp3) is 0.231. The second-order valence-corrected chi connectivity index (χ2v) is 4.84. The Labute approximate surface area is 119 Å². The maximum atomic E-state index is 10.3. The number of halogens is 2. The van der Waals surface area contributed by atoms with E-state index in [1.54, 1.807) is 24.3 Å². The molecule has 2 aromatic rings. The number of benzene rings is 1. The Balaban J connectivity index is 2.00. The molecule has 4 nitrogen and oxygen atoms in total. The highest BCUT2D eigenvalue weighted by Crippen LogP contribution is 2.39. The molecule has 6 heteroatoms. The molecule has 1 aromatic carbocycles. The van der Waals surface area contributed by atoms with Crippen LogP contribution < -0.4 is 9.47 Å². The molecule has 0 aliphatic carbocycles. The van der Waals surface area contributed by atoms with Crippen LogP contribution in [0.5, 0.6) is 11.5 Å². The summed E-state index contributed by atoms with van der Waals surface area (Å²) < 4.78 is 16.1. The van der Waals surface area contributed by atoms with Crippen LogP contribution >= 0.6 is 23.2 Å². The van der Waals surface area contributed by atoms with E-state index in [2.05, 4.69) is 0 Å². The second kappa shape index (κ2) is 4.96. The van der Waals surface area contributed by atoms with E-state index in [1.807, 2.05) is 0 Å². The van der Waals surface area contributed by atoms with Gasteiger partial charge in [-0.05, 0) is 29.8 Å². The number of hydrogen-bond acceptors (Lipinski definition) is 4. The van der Waals surface area contributed by atoms with E-state index < -0.39 is 6.10 Å². The van der Waals surface area contributed by atoms with Gasteiger partial charge in [0, 0.05) is 11.6 Å². The van der Waals surface area contributed by atoms with Crippen LogP contribution in [0.1, 0.15) is 17.4 Å². The molecular formula is C13H10Cl2O4. The third-order valence-corrected chi connectivity index (χ3v) is 3.35. The first-order chi connectivity index (χ1) is 9.15. The molecule has 3 rings (SSSR count). The summed E-state index contributed by atoms with van der Waals surface area (Å²) in [4.78, 5) is 0. The molecule has 0 bridgehead atoms. The maximum absolute atomic E-state index is 10.3. The molecule has 0 amide bonds. The maximum Gasteiger partial charge on any atom is 0.193 e. The van der Waals surface area contributed by atoms with Crippen molar-refractivity contribution in [3.8, 4) is 11.5 Å². The smallest absolute Gasteiger partial charge is 0.193 e. The van der Waals surface area contributed by atoms with Crippen molar-refractivity contribution in [2.24, 2.45) is 0 Å². The van der Waals surface area contributed by atoms with Crippen LogP contribution in [-0.2, 0) is 0 Å². The van der Waals surface area contributed by atoms with E-state index >= 15 is 0 Å². The van der Waals surface area contributed by atoms with Crippen molar-refractivity contribution in [3.63, 3.8) is 0 Å². The zero-order valence-electron chi connectivity index (χ0n) is 9.73. The van der Waals surface area contributed by atoms with Crippen molar-refractivity contribution < 1.29 is 19.0 Å². The molecule has 0 spiro atoms. The van der Waals surface area contributed by atoms with Crippen LogP contribution in [0.2, 0.25) is 10.2 Å². The first-order valence-electron chi connectivity index (χ1n) is 5.67. The highest BCUT2D eigenvalue weighted by Gasteiger charge is 2.22. The van der Waals surface area contributed by atoms with Gasteiger partial charge in [0.1, 0.15) is 25.1 Å². The number of aliphatic hydroxyl groups excluding tert-OH is 1. The standard InChI is InChI=1S/C13H10Cl2O4/c14-8-6-11-10(17-3-4-18-11)5-7(8)13(16)9-1-2-12(15)19-9/h1-2,5-6,13,16H,3-4H2. The summed E-state index contributed by atoms with van der Waals surface area (Å²) in [6, 6.07) is 6.43. The molecule has 100 valence electrons. The zero-order chi connectivity index (χ0) is 13.4. The van der Waals surface area contributed by atoms with E-state index in [9.17, 15) is 5.11 Å². The Morgan fingerprint density at radius 3 is 2.37 bits per heavy atom. The van der Waals surface area contributed by atoms with E-state index in [0.717, 1.165) is 0 Å². The lowest BCUT2D eigenvalue weighted by Crippen LogP contribution is -2.16. The van der Waals surface area contributed by atoms with Gasteiger partial charge < -0.3 is 19.0 Å². The Morgan fingerprint density at radius 1 is 1.05 bits per heavy atom. The SMILES string of the molecule is OC(c1ccc(Cl)o1)c1cc2c(cc1Cl)OCCO2. The Hall–Kier alpha value is -1.36. The first kappa shape index (κ1) is 12.7. The van der Waals surface area contributed by atoms with Crippen molar-refractivity contribution in [3.05, 3.63) is 45.8 Å². The molecule has 1 aliphatic heterocycles. The summed E-state index contributed by atoms with van der Waals surface area (Å²) >= 11 is 11.8. The summed E-state index contributed by atoms with van der Waals surface area (Å²) in [6.07, 6.45) is -1.00. The molecule has 1 aliphatic rings. The zero-order valence-corrected chi connectivity index (χ0v) is 11.2. The quantitative estimate of drug-likeness (QED) is 0.923. The van der Waals surface area contributed by atoms with E-state index in [1.165, 1.54) is 0 Å². The minimum Gasteiger partial charge on any atom is -0.486 e. The summed E-state index contributed by atoms with van der Waals surface area (Å²) in [7, 11) is 0. The topological polar surface area (TPSA) is 51.8 Å².